The van der Waals surface area contributed by atoms with Crippen molar-refractivity contribution < 1.29 is 8.42 Å². The molecule has 0 N–H and O–H groups in total. The van der Waals surface area contributed by atoms with E-state index in [2.05, 4.69) is 36.2 Å². The first-order valence-electron chi connectivity index (χ1n) is 6.64. The summed E-state index contributed by atoms with van der Waals surface area (Å²) in [4.78, 5) is 6.62. The van der Waals surface area contributed by atoms with Gasteiger partial charge in [-0.05, 0) is 12.5 Å². The van der Waals surface area contributed by atoms with Gasteiger partial charge in [0.2, 0.25) is 0 Å². The van der Waals surface area contributed by atoms with Crippen LogP contribution in [0.2, 0.25) is 0 Å². The highest BCUT2D eigenvalue weighted by atomic mass is 32.2. The third-order valence-corrected chi connectivity index (χ3v) is 6.69. The number of amidine groups is 1. The normalized spacial score (nSPS) is 27.5. The SMILES string of the molecule is Cc1ccc(CSC2=N[C@@H]3CS(=O)(=O)C[C@H]3N2C)cc1. The van der Waals surface area contributed by atoms with E-state index in [1.165, 1.54) is 11.1 Å². The third-order valence-electron chi connectivity index (χ3n) is 3.86. The highest BCUT2D eigenvalue weighted by Gasteiger charge is 2.44. The highest BCUT2D eigenvalue weighted by molar-refractivity contribution is 8.13. The fraction of sp³-hybridized carbons (Fsp3) is 0.500. The summed E-state index contributed by atoms with van der Waals surface area (Å²) in [5, 5.41) is 0.968. The van der Waals surface area contributed by atoms with E-state index in [-0.39, 0.29) is 23.6 Å². The summed E-state index contributed by atoms with van der Waals surface area (Å²) in [5.74, 6) is 1.32. The van der Waals surface area contributed by atoms with Crippen LogP contribution in [0.25, 0.3) is 0 Å². The number of nitrogens with zero attached hydrogens (tertiary/aromatic N) is 2. The second-order valence-electron chi connectivity index (χ2n) is 5.51. The van der Waals surface area contributed by atoms with E-state index in [4.69, 9.17) is 0 Å². The van der Waals surface area contributed by atoms with Crippen LogP contribution in [-0.2, 0) is 15.6 Å². The average Bonchev–Trinajstić information content (AvgIpc) is 2.83. The van der Waals surface area contributed by atoms with E-state index in [1.807, 2.05) is 11.9 Å². The molecule has 0 spiro atoms. The van der Waals surface area contributed by atoms with E-state index >= 15 is 0 Å². The molecule has 0 aliphatic carbocycles. The maximum Gasteiger partial charge on any atom is 0.159 e. The maximum absolute atomic E-state index is 11.6. The summed E-state index contributed by atoms with van der Waals surface area (Å²) >= 11 is 1.69. The number of fused-ring (bicyclic) bond motifs is 1. The molecule has 0 bridgehead atoms. The Hall–Kier alpha value is -1.01. The topological polar surface area (TPSA) is 49.7 Å². The third kappa shape index (κ3) is 2.72. The van der Waals surface area contributed by atoms with Crippen LogP contribution < -0.4 is 0 Å². The summed E-state index contributed by atoms with van der Waals surface area (Å²) in [6.07, 6.45) is 0. The minimum Gasteiger partial charge on any atom is -0.348 e. The zero-order chi connectivity index (χ0) is 14.3. The molecule has 0 unspecified atom stereocenters. The van der Waals surface area contributed by atoms with Crippen LogP contribution in [0.4, 0.5) is 0 Å². The largest absolute Gasteiger partial charge is 0.348 e. The van der Waals surface area contributed by atoms with Gasteiger partial charge in [-0.1, -0.05) is 41.6 Å². The number of benzene rings is 1. The Morgan fingerprint density at radius 3 is 2.65 bits per heavy atom. The van der Waals surface area contributed by atoms with E-state index < -0.39 is 9.84 Å². The minimum atomic E-state index is -2.89. The number of rotatable bonds is 2. The molecule has 2 aliphatic rings. The fourth-order valence-electron chi connectivity index (χ4n) is 2.65. The lowest BCUT2D eigenvalue weighted by Gasteiger charge is -2.20. The van der Waals surface area contributed by atoms with E-state index in [1.54, 1.807) is 11.8 Å². The molecule has 1 aromatic carbocycles. The summed E-state index contributed by atoms with van der Waals surface area (Å²) in [5.41, 5.74) is 2.52. The van der Waals surface area contributed by atoms with Gasteiger partial charge in [0.25, 0.3) is 0 Å². The number of hydrogen-bond acceptors (Lipinski definition) is 5. The molecule has 0 saturated carbocycles. The monoisotopic (exact) mass is 310 g/mol. The molecule has 2 atom stereocenters. The van der Waals surface area contributed by atoms with Crippen molar-refractivity contribution in [3.8, 4) is 0 Å². The first-order chi connectivity index (χ1) is 9.44. The second-order valence-corrected chi connectivity index (χ2v) is 8.60. The lowest BCUT2D eigenvalue weighted by Crippen LogP contribution is -2.35. The summed E-state index contributed by atoms with van der Waals surface area (Å²) < 4.78 is 23.2. The van der Waals surface area contributed by atoms with E-state index in [9.17, 15) is 8.42 Å². The van der Waals surface area contributed by atoms with Crippen molar-refractivity contribution in [1.82, 2.24) is 4.90 Å². The predicted octanol–water partition coefficient (Wildman–Crippen LogP) is 1.70. The van der Waals surface area contributed by atoms with Gasteiger partial charge in [0, 0.05) is 12.8 Å². The Morgan fingerprint density at radius 2 is 2.00 bits per heavy atom. The van der Waals surface area contributed by atoms with Gasteiger partial charge in [0.15, 0.2) is 15.0 Å². The molecule has 2 heterocycles. The standard InChI is InChI=1S/C14H18N2O2S2/c1-10-3-5-11(6-4-10)7-19-14-15-12-8-20(17,18)9-13(12)16(14)2/h3-6,12-13H,7-9H2,1-2H3/t12-,13-/m1/s1. The molecule has 6 heteroatoms. The molecule has 1 saturated heterocycles. The van der Waals surface area contributed by atoms with Gasteiger partial charge in [-0.3, -0.25) is 4.99 Å². The van der Waals surface area contributed by atoms with Gasteiger partial charge in [-0.25, -0.2) is 8.42 Å². The van der Waals surface area contributed by atoms with Crippen molar-refractivity contribution in [2.24, 2.45) is 4.99 Å². The van der Waals surface area contributed by atoms with Gasteiger partial charge < -0.3 is 4.90 Å². The van der Waals surface area contributed by atoms with E-state index in [0.29, 0.717) is 0 Å². The molecule has 0 amide bonds. The molecule has 20 heavy (non-hydrogen) atoms. The second kappa shape index (κ2) is 5.07. The number of aliphatic imine (C=N–C) groups is 1. The number of aryl methyl sites for hydroxylation is 1. The lowest BCUT2D eigenvalue weighted by atomic mass is 10.2. The quantitative estimate of drug-likeness (QED) is 0.834. The van der Waals surface area contributed by atoms with Gasteiger partial charge in [0.1, 0.15) is 0 Å². The molecule has 0 radical (unpaired) electrons. The number of thioether (sulfide) groups is 1. The van der Waals surface area contributed by atoms with Crippen LogP contribution in [0.3, 0.4) is 0 Å². The Balaban J connectivity index is 1.66. The molecule has 4 nitrogen and oxygen atoms in total. The molecule has 1 aromatic rings. The minimum absolute atomic E-state index is 0.0421. The number of hydrogen-bond donors (Lipinski definition) is 0. The first-order valence-corrected chi connectivity index (χ1v) is 9.45. The van der Waals surface area contributed by atoms with Gasteiger partial charge >= 0.3 is 0 Å². The van der Waals surface area contributed by atoms with Crippen molar-refractivity contribution in [2.75, 3.05) is 18.6 Å². The van der Waals surface area contributed by atoms with Gasteiger partial charge in [-0.2, -0.15) is 0 Å². The molecular formula is C14H18N2O2S2. The predicted molar refractivity (Wildman–Crippen MR) is 83.9 cm³/mol. The van der Waals surface area contributed by atoms with Crippen molar-refractivity contribution in [3.63, 3.8) is 0 Å². The molecule has 108 valence electrons. The fourth-order valence-corrected chi connectivity index (χ4v) is 5.61. The zero-order valence-corrected chi connectivity index (χ0v) is 13.2. The van der Waals surface area contributed by atoms with Gasteiger partial charge in [0.05, 0.1) is 23.6 Å². The number of likely N-dealkylation sites (N-methyl/N-ethyl adjacent to an activating group) is 1. The Kier molecular flexibility index (Phi) is 3.54. The van der Waals surface area contributed by atoms with Crippen LogP contribution in [0, 0.1) is 6.92 Å². The molecular weight excluding hydrogens is 292 g/mol. The number of sulfone groups is 1. The molecule has 1 fully saturated rings. The van der Waals surface area contributed by atoms with Crippen LogP contribution >= 0.6 is 11.8 Å². The first kappa shape index (κ1) is 13.9. The van der Waals surface area contributed by atoms with Crippen LogP contribution in [-0.4, -0.2) is 49.1 Å². The highest BCUT2D eigenvalue weighted by Crippen LogP contribution is 2.30. The zero-order valence-electron chi connectivity index (χ0n) is 11.6. The summed E-state index contributed by atoms with van der Waals surface area (Å²) in [6.45, 7) is 2.08. The Bertz CT molecular complexity index is 638. The molecule has 0 aromatic heterocycles. The van der Waals surface area contributed by atoms with Crippen LogP contribution in [0.15, 0.2) is 29.3 Å². The van der Waals surface area contributed by atoms with Crippen LogP contribution in [0.5, 0.6) is 0 Å². The average molecular weight is 310 g/mol. The van der Waals surface area contributed by atoms with Crippen molar-refractivity contribution in [3.05, 3.63) is 35.4 Å². The maximum atomic E-state index is 11.6. The Labute approximate surface area is 124 Å². The lowest BCUT2D eigenvalue weighted by molar-refractivity contribution is 0.410. The Morgan fingerprint density at radius 1 is 1.30 bits per heavy atom. The summed E-state index contributed by atoms with van der Waals surface area (Å²) in [7, 11) is -0.941. The van der Waals surface area contributed by atoms with Crippen molar-refractivity contribution in [1.29, 1.82) is 0 Å². The molecule has 2 aliphatic heterocycles. The van der Waals surface area contributed by atoms with Gasteiger partial charge in [-0.15, -0.1) is 0 Å². The molecule has 3 rings (SSSR count). The van der Waals surface area contributed by atoms with Crippen molar-refractivity contribution in [2.45, 2.75) is 24.8 Å². The van der Waals surface area contributed by atoms with E-state index in [0.717, 1.165) is 10.9 Å². The summed E-state index contributed by atoms with van der Waals surface area (Å²) in [6, 6.07) is 8.45. The van der Waals surface area contributed by atoms with Crippen LogP contribution in [0.1, 0.15) is 11.1 Å². The van der Waals surface area contributed by atoms with Crippen molar-refractivity contribution >= 4 is 26.8 Å². The smallest absolute Gasteiger partial charge is 0.159 e.